The van der Waals surface area contributed by atoms with Crippen molar-refractivity contribution in [1.82, 2.24) is 10.6 Å². The minimum absolute atomic E-state index is 0.218. The monoisotopic (exact) mass is 316 g/mol. The number of hydrogen-bond donors (Lipinski definition) is 2. The predicted molar refractivity (Wildman–Crippen MR) is 83.8 cm³/mol. The van der Waals surface area contributed by atoms with Gasteiger partial charge in [-0.05, 0) is 56.5 Å². The van der Waals surface area contributed by atoms with Crippen molar-refractivity contribution in [3.8, 4) is 0 Å². The van der Waals surface area contributed by atoms with Gasteiger partial charge in [-0.25, -0.2) is 8.42 Å². The van der Waals surface area contributed by atoms with Gasteiger partial charge < -0.3 is 10.6 Å². The molecule has 0 radical (unpaired) electrons. The summed E-state index contributed by atoms with van der Waals surface area (Å²) >= 11 is 0. The molecule has 21 heavy (non-hydrogen) atoms. The quantitative estimate of drug-likeness (QED) is 0.769. The average Bonchev–Trinajstić information content (AvgIpc) is 3.15. The normalized spacial score (nSPS) is 23.8. The van der Waals surface area contributed by atoms with Crippen LogP contribution in [0.4, 0.5) is 0 Å². The maximum atomic E-state index is 12.6. The van der Waals surface area contributed by atoms with Crippen LogP contribution in [0.15, 0.2) is 0 Å². The van der Waals surface area contributed by atoms with Gasteiger partial charge >= 0.3 is 0 Å². The molecule has 1 amide bonds. The van der Waals surface area contributed by atoms with Crippen molar-refractivity contribution in [2.75, 3.05) is 25.9 Å². The molecular weight excluding hydrogens is 288 g/mol. The number of carbonyl (C=O) groups excluding carboxylic acids is 1. The fourth-order valence-electron chi connectivity index (χ4n) is 3.52. The van der Waals surface area contributed by atoms with Crippen LogP contribution >= 0.6 is 0 Å². The highest BCUT2D eigenvalue weighted by Gasteiger charge is 2.50. The Morgan fingerprint density at radius 3 is 2.19 bits per heavy atom. The molecule has 1 heterocycles. The number of sulfone groups is 1. The Kier molecular flexibility index (Phi) is 4.69. The molecule has 2 N–H and O–H groups in total. The second-order valence-corrected chi connectivity index (χ2v) is 9.62. The zero-order chi connectivity index (χ0) is 15.7. The lowest BCUT2D eigenvalue weighted by molar-refractivity contribution is -0.124. The molecule has 1 aliphatic carbocycles. The van der Waals surface area contributed by atoms with E-state index in [4.69, 9.17) is 0 Å². The van der Waals surface area contributed by atoms with E-state index in [0.717, 1.165) is 19.3 Å². The fourth-order valence-corrected chi connectivity index (χ4v) is 4.88. The van der Waals surface area contributed by atoms with Crippen molar-refractivity contribution in [2.24, 2.45) is 11.3 Å². The molecule has 0 bridgehead atoms. The van der Waals surface area contributed by atoms with Crippen molar-refractivity contribution in [1.29, 1.82) is 0 Å². The lowest BCUT2D eigenvalue weighted by Crippen LogP contribution is -2.57. The number of hydrogen-bond acceptors (Lipinski definition) is 4. The Morgan fingerprint density at radius 1 is 1.19 bits per heavy atom. The second-order valence-electron chi connectivity index (χ2n) is 7.30. The van der Waals surface area contributed by atoms with E-state index in [-0.39, 0.29) is 11.3 Å². The Labute approximate surface area is 128 Å². The van der Waals surface area contributed by atoms with Crippen molar-refractivity contribution in [3.05, 3.63) is 0 Å². The van der Waals surface area contributed by atoms with Gasteiger partial charge in [0, 0.05) is 12.8 Å². The Morgan fingerprint density at radius 2 is 1.76 bits per heavy atom. The summed E-state index contributed by atoms with van der Waals surface area (Å²) in [5.41, 5.74) is 0.218. The predicted octanol–water partition coefficient (Wildman–Crippen LogP) is 1.10. The standard InChI is InChI=1S/C15H28N2O3S/c1-12(2)10-14(4-5-14)11-17-13(18)15(21(3,19)20)6-8-16-9-7-15/h12,16H,4-11H2,1-3H3,(H,17,18). The highest BCUT2D eigenvalue weighted by Crippen LogP contribution is 2.50. The van der Waals surface area contributed by atoms with E-state index in [1.807, 2.05) is 0 Å². The van der Waals surface area contributed by atoms with Gasteiger partial charge in [-0.3, -0.25) is 4.79 Å². The maximum Gasteiger partial charge on any atom is 0.241 e. The van der Waals surface area contributed by atoms with E-state index in [9.17, 15) is 13.2 Å². The Hall–Kier alpha value is -0.620. The van der Waals surface area contributed by atoms with Crippen LogP contribution in [0.3, 0.4) is 0 Å². The van der Waals surface area contributed by atoms with Gasteiger partial charge in [-0.2, -0.15) is 0 Å². The fraction of sp³-hybridized carbons (Fsp3) is 0.933. The topological polar surface area (TPSA) is 75.3 Å². The smallest absolute Gasteiger partial charge is 0.241 e. The van der Waals surface area contributed by atoms with E-state index in [2.05, 4.69) is 24.5 Å². The molecule has 122 valence electrons. The Bertz CT molecular complexity index is 489. The third-order valence-electron chi connectivity index (χ3n) is 4.96. The van der Waals surface area contributed by atoms with Crippen LogP contribution in [-0.2, 0) is 14.6 Å². The molecule has 0 aromatic rings. The van der Waals surface area contributed by atoms with Gasteiger partial charge in [0.1, 0.15) is 0 Å². The van der Waals surface area contributed by atoms with Gasteiger partial charge in [0.25, 0.3) is 0 Å². The van der Waals surface area contributed by atoms with Crippen LogP contribution in [0, 0.1) is 11.3 Å². The first-order chi connectivity index (χ1) is 9.71. The summed E-state index contributed by atoms with van der Waals surface area (Å²) in [5, 5.41) is 6.09. The van der Waals surface area contributed by atoms with Gasteiger partial charge in [0.05, 0.1) is 0 Å². The number of carbonyl (C=O) groups is 1. The summed E-state index contributed by atoms with van der Waals surface area (Å²) in [6.45, 7) is 6.16. The summed E-state index contributed by atoms with van der Waals surface area (Å²) in [6.07, 6.45) is 5.31. The molecule has 2 rings (SSSR count). The first-order valence-electron chi connectivity index (χ1n) is 7.89. The highest BCUT2D eigenvalue weighted by molar-refractivity contribution is 7.92. The minimum atomic E-state index is -3.41. The van der Waals surface area contributed by atoms with Crippen molar-refractivity contribution in [2.45, 2.75) is 50.7 Å². The SMILES string of the molecule is CC(C)CC1(CNC(=O)C2(S(C)(=O)=O)CCNCC2)CC1. The van der Waals surface area contributed by atoms with Crippen molar-refractivity contribution in [3.63, 3.8) is 0 Å². The first-order valence-corrected chi connectivity index (χ1v) is 9.79. The molecule has 0 unspecified atom stereocenters. The lowest BCUT2D eigenvalue weighted by Gasteiger charge is -2.35. The maximum absolute atomic E-state index is 12.6. The lowest BCUT2D eigenvalue weighted by atomic mass is 9.92. The molecule has 1 saturated heterocycles. The second kappa shape index (κ2) is 5.88. The summed E-state index contributed by atoms with van der Waals surface area (Å²) in [4.78, 5) is 12.6. The molecule has 6 heteroatoms. The molecular formula is C15H28N2O3S. The molecule has 1 aliphatic heterocycles. The van der Waals surface area contributed by atoms with E-state index in [0.29, 0.717) is 38.4 Å². The van der Waals surface area contributed by atoms with Crippen LogP contribution < -0.4 is 10.6 Å². The van der Waals surface area contributed by atoms with Gasteiger partial charge in [0.15, 0.2) is 14.6 Å². The Balaban J connectivity index is 2.03. The van der Waals surface area contributed by atoms with Crippen LogP contribution in [0.2, 0.25) is 0 Å². The molecule has 2 aliphatic rings. The zero-order valence-corrected chi connectivity index (χ0v) is 14.2. The molecule has 0 aromatic heterocycles. The third kappa shape index (κ3) is 3.59. The molecule has 5 nitrogen and oxygen atoms in total. The first kappa shape index (κ1) is 16.7. The minimum Gasteiger partial charge on any atom is -0.354 e. The van der Waals surface area contributed by atoms with Crippen LogP contribution in [0.1, 0.15) is 46.0 Å². The van der Waals surface area contributed by atoms with Crippen LogP contribution in [0.5, 0.6) is 0 Å². The highest BCUT2D eigenvalue weighted by atomic mass is 32.2. The molecule has 0 atom stereocenters. The van der Waals surface area contributed by atoms with E-state index < -0.39 is 14.6 Å². The average molecular weight is 316 g/mol. The molecule has 2 fully saturated rings. The molecule has 0 spiro atoms. The van der Waals surface area contributed by atoms with Crippen LogP contribution in [-0.4, -0.2) is 45.0 Å². The summed E-state index contributed by atoms with van der Waals surface area (Å²) in [6, 6.07) is 0. The van der Waals surface area contributed by atoms with E-state index in [1.165, 1.54) is 6.26 Å². The summed E-state index contributed by atoms with van der Waals surface area (Å²) < 4.78 is 23.1. The molecule has 1 saturated carbocycles. The third-order valence-corrected chi connectivity index (χ3v) is 6.97. The number of piperidine rings is 1. The van der Waals surface area contributed by atoms with Gasteiger partial charge in [-0.15, -0.1) is 0 Å². The number of amides is 1. The summed E-state index contributed by atoms with van der Waals surface area (Å²) in [7, 11) is -3.41. The van der Waals surface area contributed by atoms with Crippen molar-refractivity contribution < 1.29 is 13.2 Å². The van der Waals surface area contributed by atoms with Crippen LogP contribution in [0.25, 0.3) is 0 Å². The summed E-state index contributed by atoms with van der Waals surface area (Å²) in [5.74, 6) is 0.314. The molecule has 0 aromatic carbocycles. The zero-order valence-electron chi connectivity index (χ0n) is 13.4. The van der Waals surface area contributed by atoms with E-state index >= 15 is 0 Å². The number of nitrogens with one attached hydrogen (secondary N) is 2. The van der Waals surface area contributed by atoms with Gasteiger partial charge in [-0.1, -0.05) is 13.8 Å². The number of rotatable bonds is 6. The largest absolute Gasteiger partial charge is 0.354 e. The van der Waals surface area contributed by atoms with Crippen molar-refractivity contribution >= 4 is 15.7 Å². The van der Waals surface area contributed by atoms with Gasteiger partial charge in [0.2, 0.25) is 5.91 Å². The van der Waals surface area contributed by atoms with E-state index in [1.54, 1.807) is 0 Å².